The highest BCUT2D eigenvalue weighted by Crippen LogP contribution is 2.25. The van der Waals surface area contributed by atoms with Crippen molar-refractivity contribution in [1.82, 2.24) is 14.9 Å². The number of piperazine rings is 1. The first-order chi connectivity index (χ1) is 14.7. The van der Waals surface area contributed by atoms with Gasteiger partial charge in [-0.15, -0.1) is 0 Å². The molecule has 4 aromatic rings. The van der Waals surface area contributed by atoms with E-state index in [0.29, 0.717) is 5.95 Å². The van der Waals surface area contributed by atoms with Crippen molar-refractivity contribution in [3.63, 3.8) is 0 Å². The third-order valence-electron chi connectivity index (χ3n) is 5.68. The highest BCUT2D eigenvalue weighted by Gasteiger charge is 2.14. The number of rotatable bonds is 4. The number of likely N-dealkylation sites (N-methyl/N-ethyl adjacent to an activating group) is 1. The predicted molar refractivity (Wildman–Crippen MR) is 124 cm³/mol. The Kier molecular flexibility index (Phi) is 5.03. The molecule has 1 aliphatic rings. The van der Waals surface area contributed by atoms with Crippen molar-refractivity contribution in [2.75, 3.05) is 43.4 Å². The van der Waals surface area contributed by atoms with E-state index in [0.717, 1.165) is 48.3 Å². The first-order valence-electron chi connectivity index (χ1n) is 10.4. The monoisotopic (exact) mass is 395 g/mol. The smallest absolute Gasteiger partial charge is 0.227 e. The van der Waals surface area contributed by atoms with Crippen LogP contribution in [0.15, 0.2) is 79.0 Å². The van der Waals surface area contributed by atoms with Gasteiger partial charge in [0.15, 0.2) is 0 Å². The molecule has 0 amide bonds. The average molecular weight is 396 g/mol. The molecule has 1 aliphatic heterocycles. The summed E-state index contributed by atoms with van der Waals surface area (Å²) in [5.74, 6) is 0.611. The van der Waals surface area contributed by atoms with Gasteiger partial charge in [-0.3, -0.25) is 0 Å². The predicted octanol–water partition coefficient (Wildman–Crippen LogP) is 4.79. The summed E-state index contributed by atoms with van der Waals surface area (Å²) in [6, 6.07) is 25.2. The van der Waals surface area contributed by atoms with Crippen molar-refractivity contribution >= 4 is 28.2 Å². The molecule has 2 heterocycles. The summed E-state index contributed by atoms with van der Waals surface area (Å²) < 4.78 is 0. The average Bonchev–Trinajstić information content (AvgIpc) is 2.80. The molecule has 0 bridgehead atoms. The lowest BCUT2D eigenvalue weighted by molar-refractivity contribution is 0.313. The van der Waals surface area contributed by atoms with E-state index in [4.69, 9.17) is 4.98 Å². The van der Waals surface area contributed by atoms with Crippen LogP contribution < -0.4 is 10.2 Å². The number of nitrogens with zero attached hydrogens (tertiary/aromatic N) is 4. The van der Waals surface area contributed by atoms with Crippen LogP contribution in [-0.2, 0) is 0 Å². The lowest BCUT2D eigenvalue weighted by Gasteiger charge is -2.34. The van der Waals surface area contributed by atoms with Gasteiger partial charge in [-0.05, 0) is 48.5 Å². The maximum atomic E-state index is 4.74. The van der Waals surface area contributed by atoms with Gasteiger partial charge in [0, 0.05) is 49.1 Å². The zero-order valence-electron chi connectivity index (χ0n) is 17.1. The van der Waals surface area contributed by atoms with Gasteiger partial charge in [-0.2, -0.15) is 0 Å². The van der Waals surface area contributed by atoms with Crippen molar-refractivity contribution in [3.05, 3.63) is 79.0 Å². The second-order valence-corrected chi connectivity index (χ2v) is 7.80. The standard InChI is InChI=1S/C25H25N5/c1-29-13-15-30(16-14-29)23-11-9-22(10-12-23)27-25-26-18-21-8-7-20(17-24(21)28-25)19-5-3-2-4-6-19/h2-12,17-18H,13-16H2,1H3,(H,26,27,28). The summed E-state index contributed by atoms with van der Waals surface area (Å²) in [5, 5.41) is 4.38. The lowest BCUT2D eigenvalue weighted by atomic mass is 10.0. The second-order valence-electron chi connectivity index (χ2n) is 7.80. The van der Waals surface area contributed by atoms with Crippen LogP contribution in [0.25, 0.3) is 22.0 Å². The Labute approximate surface area is 177 Å². The Balaban J connectivity index is 1.34. The van der Waals surface area contributed by atoms with Gasteiger partial charge in [0.05, 0.1) is 5.52 Å². The van der Waals surface area contributed by atoms with Crippen LogP contribution in [0.2, 0.25) is 0 Å². The SMILES string of the molecule is CN1CCN(c2ccc(Nc3ncc4ccc(-c5ccccc5)cc4n3)cc2)CC1. The van der Waals surface area contributed by atoms with Crippen molar-refractivity contribution in [1.29, 1.82) is 0 Å². The van der Waals surface area contributed by atoms with Crippen LogP contribution >= 0.6 is 0 Å². The maximum Gasteiger partial charge on any atom is 0.227 e. The Morgan fingerprint density at radius 2 is 1.57 bits per heavy atom. The van der Waals surface area contributed by atoms with Crippen LogP contribution in [0.4, 0.5) is 17.3 Å². The molecule has 5 heteroatoms. The molecule has 30 heavy (non-hydrogen) atoms. The van der Waals surface area contributed by atoms with E-state index in [1.165, 1.54) is 11.3 Å². The molecule has 5 rings (SSSR count). The van der Waals surface area contributed by atoms with Crippen molar-refractivity contribution in [3.8, 4) is 11.1 Å². The van der Waals surface area contributed by atoms with E-state index in [9.17, 15) is 0 Å². The minimum atomic E-state index is 0.611. The van der Waals surface area contributed by atoms with Crippen molar-refractivity contribution < 1.29 is 0 Å². The summed E-state index contributed by atoms with van der Waals surface area (Å²) in [6.07, 6.45) is 1.87. The number of aromatic nitrogens is 2. The van der Waals surface area contributed by atoms with E-state index in [1.807, 2.05) is 12.3 Å². The van der Waals surface area contributed by atoms with E-state index < -0.39 is 0 Å². The second kappa shape index (κ2) is 8.13. The molecule has 150 valence electrons. The summed E-state index contributed by atoms with van der Waals surface area (Å²) in [7, 11) is 2.18. The summed E-state index contributed by atoms with van der Waals surface area (Å²) in [4.78, 5) is 14.0. The molecular weight excluding hydrogens is 370 g/mol. The van der Waals surface area contributed by atoms with Gasteiger partial charge in [0.1, 0.15) is 0 Å². The molecule has 1 aromatic heterocycles. The van der Waals surface area contributed by atoms with Crippen LogP contribution in [0.3, 0.4) is 0 Å². The fourth-order valence-electron chi connectivity index (χ4n) is 3.84. The number of hydrogen-bond donors (Lipinski definition) is 1. The zero-order valence-corrected chi connectivity index (χ0v) is 17.1. The molecule has 0 aliphatic carbocycles. The molecule has 0 atom stereocenters. The quantitative estimate of drug-likeness (QED) is 0.538. The molecule has 3 aromatic carbocycles. The molecule has 1 saturated heterocycles. The molecular formula is C25H25N5. The van der Waals surface area contributed by atoms with Gasteiger partial charge in [-0.25, -0.2) is 9.97 Å². The Morgan fingerprint density at radius 3 is 2.33 bits per heavy atom. The van der Waals surface area contributed by atoms with E-state index in [-0.39, 0.29) is 0 Å². The van der Waals surface area contributed by atoms with Gasteiger partial charge in [0.25, 0.3) is 0 Å². The molecule has 0 radical (unpaired) electrons. The number of benzene rings is 3. The number of fused-ring (bicyclic) bond motifs is 1. The third kappa shape index (κ3) is 3.98. The van der Waals surface area contributed by atoms with E-state index >= 15 is 0 Å². The first kappa shape index (κ1) is 18.6. The number of nitrogens with one attached hydrogen (secondary N) is 1. The van der Waals surface area contributed by atoms with E-state index in [1.54, 1.807) is 0 Å². The van der Waals surface area contributed by atoms with Crippen molar-refractivity contribution in [2.45, 2.75) is 0 Å². The Morgan fingerprint density at radius 1 is 0.800 bits per heavy atom. The van der Waals surface area contributed by atoms with Gasteiger partial charge >= 0.3 is 0 Å². The van der Waals surface area contributed by atoms with Crippen LogP contribution in [0, 0.1) is 0 Å². The maximum absolute atomic E-state index is 4.74. The fourth-order valence-corrected chi connectivity index (χ4v) is 3.84. The lowest BCUT2D eigenvalue weighted by Crippen LogP contribution is -2.44. The van der Waals surface area contributed by atoms with Gasteiger partial charge < -0.3 is 15.1 Å². The summed E-state index contributed by atoms with van der Waals surface area (Å²) in [5.41, 5.74) is 5.53. The van der Waals surface area contributed by atoms with Gasteiger partial charge in [-0.1, -0.05) is 42.5 Å². The molecule has 5 nitrogen and oxygen atoms in total. The normalized spacial score (nSPS) is 14.8. The molecule has 1 fully saturated rings. The largest absolute Gasteiger partial charge is 0.369 e. The summed E-state index contributed by atoms with van der Waals surface area (Å²) in [6.45, 7) is 4.35. The van der Waals surface area contributed by atoms with Crippen LogP contribution in [-0.4, -0.2) is 48.1 Å². The van der Waals surface area contributed by atoms with Crippen LogP contribution in [0.1, 0.15) is 0 Å². The van der Waals surface area contributed by atoms with Crippen molar-refractivity contribution in [2.24, 2.45) is 0 Å². The van der Waals surface area contributed by atoms with Crippen LogP contribution in [0.5, 0.6) is 0 Å². The van der Waals surface area contributed by atoms with Gasteiger partial charge in [0.2, 0.25) is 5.95 Å². The molecule has 1 N–H and O–H groups in total. The Bertz CT molecular complexity index is 1130. The van der Waals surface area contributed by atoms with E-state index in [2.05, 4.69) is 93.9 Å². The minimum absolute atomic E-state index is 0.611. The first-order valence-corrected chi connectivity index (χ1v) is 10.4. The minimum Gasteiger partial charge on any atom is -0.369 e. The fraction of sp³-hybridized carbons (Fsp3) is 0.200. The molecule has 0 saturated carbocycles. The summed E-state index contributed by atoms with van der Waals surface area (Å²) >= 11 is 0. The Hall–Kier alpha value is -3.44. The number of hydrogen-bond acceptors (Lipinski definition) is 5. The molecule has 0 unspecified atom stereocenters. The third-order valence-corrected chi connectivity index (χ3v) is 5.68. The zero-order chi connectivity index (χ0) is 20.3. The highest BCUT2D eigenvalue weighted by molar-refractivity contribution is 5.84. The highest BCUT2D eigenvalue weighted by atomic mass is 15.2. The molecule has 0 spiro atoms. The number of anilines is 3. The topological polar surface area (TPSA) is 44.3 Å².